The molecule has 0 bridgehead atoms. The van der Waals surface area contributed by atoms with Crippen molar-refractivity contribution in [3.8, 4) is 0 Å². The lowest BCUT2D eigenvalue weighted by atomic mass is 9.99. The Bertz CT molecular complexity index is 942. The Morgan fingerprint density at radius 1 is 1.10 bits per heavy atom. The molecular formula is C23H25N3O3. The fourth-order valence-electron chi connectivity index (χ4n) is 4.05. The molecular weight excluding hydrogens is 366 g/mol. The number of nitrogens with one attached hydrogen (secondary N) is 2. The minimum Gasteiger partial charge on any atom is -0.349 e. The van der Waals surface area contributed by atoms with Gasteiger partial charge >= 0.3 is 0 Å². The van der Waals surface area contributed by atoms with E-state index in [-0.39, 0.29) is 23.8 Å². The van der Waals surface area contributed by atoms with Crippen LogP contribution in [0.25, 0.3) is 0 Å². The number of nitrogens with zero attached hydrogens (tertiary/aromatic N) is 1. The largest absolute Gasteiger partial charge is 0.349 e. The third kappa shape index (κ3) is 4.07. The molecule has 2 aromatic rings. The Labute approximate surface area is 170 Å². The molecule has 2 heterocycles. The highest BCUT2D eigenvalue weighted by Crippen LogP contribution is 2.24. The third-order valence-electron chi connectivity index (χ3n) is 5.66. The van der Waals surface area contributed by atoms with Gasteiger partial charge in [-0.25, -0.2) is 0 Å². The van der Waals surface area contributed by atoms with Crippen LogP contribution in [0, 0.1) is 0 Å². The standard InChI is InChI=1S/C23H25N3O3/c1-15-13-18(9-11-24-15)25-21(27)17-7-8-19-20(14-17)23(29)26(22(19)28)12-10-16-5-3-2-4-6-16/h2-8,14-15,18,24H,9-13H2,1H3,(H,25,27). The molecule has 0 aromatic heterocycles. The van der Waals surface area contributed by atoms with Gasteiger partial charge in [0, 0.05) is 24.2 Å². The number of piperidine rings is 1. The summed E-state index contributed by atoms with van der Waals surface area (Å²) in [6, 6.07) is 15.0. The molecule has 150 valence electrons. The van der Waals surface area contributed by atoms with E-state index in [0.29, 0.717) is 35.7 Å². The first-order valence-corrected chi connectivity index (χ1v) is 10.1. The molecule has 2 aromatic carbocycles. The number of rotatable bonds is 5. The average molecular weight is 391 g/mol. The summed E-state index contributed by atoms with van der Waals surface area (Å²) in [5.41, 5.74) is 2.17. The van der Waals surface area contributed by atoms with Crippen molar-refractivity contribution in [3.05, 3.63) is 70.8 Å². The quantitative estimate of drug-likeness (QED) is 0.767. The van der Waals surface area contributed by atoms with Crippen molar-refractivity contribution in [2.24, 2.45) is 0 Å². The van der Waals surface area contributed by atoms with Crippen LogP contribution in [-0.2, 0) is 6.42 Å². The summed E-state index contributed by atoms with van der Waals surface area (Å²) in [6.07, 6.45) is 2.36. The van der Waals surface area contributed by atoms with E-state index in [1.807, 2.05) is 30.3 Å². The van der Waals surface area contributed by atoms with Crippen molar-refractivity contribution in [1.29, 1.82) is 0 Å². The molecule has 0 spiro atoms. The lowest BCUT2D eigenvalue weighted by Crippen LogP contribution is -2.46. The number of carbonyl (C=O) groups is 3. The van der Waals surface area contributed by atoms with Crippen molar-refractivity contribution in [2.75, 3.05) is 13.1 Å². The maximum absolute atomic E-state index is 12.8. The van der Waals surface area contributed by atoms with Crippen molar-refractivity contribution in [2.45, 2.75) is 38.3 Å². The second-order valence-corrected chi connectivity index (χ2v) is 7.81. The zero-order valence-corrected chi connectivity index (χ0v) is 16.5. The summed E-state index contributed by atoms with van der Waals surface area (Å²) >= 11 is 0. The van der Waals surface area contributed by atoms with Gasteiger partial charge in [0.15, 0.2) is 0 Å². The zero-order valence-electron chi connectivity index (χ0n) is 16.5. The maximum Gasteiger partial charge on any atom is 0.261 e. The van der Waals surface area contributed by atoms with Crippen molar-refractivity contribution in [3.63, 3.8) is 0 Å². The van der Waals surface area contributed by atoms with Crippen LogP contribution in [0.3, 0.4) is 0 Å². The Morgan fingerprint density at radius 3 is 2.62 bits per heavy atom. The first-order valence-electron chi connectivity index (χ1n) is 10.1. The highest BCUT2D eigenvalue weighted by Gasteiger charge is 2.35. The number of imide groups is 1. The van der Waals surface area contributed by atoms with E-state index in [1.54, 1.807) is 18.2 Å². The van der Waals surface area contributed by atoms with Gasteiger partial charge in [-0.3, -0.25) is 19.3 Å². The topological polar surface area (TPSA) is 78.5 Å². The fourth-order valence-corrected chi connectivity index (χ4v) is 4.05. The first kappa shape index (κ1) is 19.3. The van der Waals surface area contributed by atoms with Gasteiger partial charge in [-0.15, -0.1) is 0 Å². The zero-order chi connectivity index (χ0) is 20.4. The van der Waals surface area contributed by atoms with E-state index in [4.69, 9.17) is 0 Å². The number of hydrogen-bond donors (Lipinski definition) is 2. The van der Waals surface area contributed by atoms with Crippen molar-refractivity contribution < 1.29 is 14.4 Å². The summed E-state index contributed by atoms with van der Waals surface area (Å²) in [4.78, 5) is 39.4. The summed E-state index contributed by atoms with van der Waals surface area (Å²) in [6.45, 7) is 3.30. The van der Waals surface area contributed by atoms with Crippen LogP contribution < -0.4 is 10.6 Å². The number of benzene rings is 2. The lowest BCUT2D eigenvalue weighted by molar-refractivity contribution is 0.0656. The summed E-state index contributed by atoms with van der Waals surface area (Å²) < 4.78 is 0. The van der Waals surface area contributed by atoms with Crippen LogP contribution in [0.2, 0.25) is 0 Å². The van der Waals surface area contributed by atoms with Gasteiger partial charge in [0.25, 0.3) is 17.7 Å². The van der Waals surface area contributed by atoms with Crippen molar-refractivity contribution in [1.82, 2.24) is 15.5 Å². The smallest absolute Gasteiger partial charge is 0.261 e. The minimum atomic E-state index is -0.328. The molecule has 2 atom stereocenters. The number of carbonyl (C=O) groups excluding carboxylic acids is 3. The van der Waals surface area contributed by atoms with Crippen LogP contribution in [0.4, 0.5) is 0 Å². The molecule has 1 saturated heterocycles. The third-order valence-corrected chi connectivity index (χ3v) is 5.66. The van der Waals surface area contributed by atoms with Gasteiger partial charge in [-0.05, 0) is 56.5 Å². The highest BCUT2D eigenvalue weighted by atomic mass is 16.2. The van der Waals surface area contributed by atoms with E-state index in [1.165, 1.54) is 4.90 Å². The molecule has 1 fully saturated rings. The SMILES string of the molecule is CC1CC(NC(=O)c2ccc3c(c2)C(=O)N(CCc2ccccc2)C3=O)CCN1. The van der Waals surface area contributed by atoms with Crippen LogP contribution >= 0.6 is 0 Å². The number of fused-ring (bicyclic) bond motifs is 1. The van der Waals surface area contributed by atoms with E-state index >= 15 is 0 Å². The molecule has 0 radical (unpaired) electrons. The van der Waals surface area contributed by atoms with Crippen LogP contribution in [0.1, 0.15) is 56.4 Å². The predicted molar refractivity (Wildman–Crippen MR) is 110 cm³/mol. The molecule has 2 N–H and O–H groups in total. The van der Waals surface area contributed by atoms with Gasteiger partial charge in [-0.2, -0.15) is 0 Å². The van der Waals surface area contributed by atoms with Crippen LogP contribution in [0.5, 0.6) is 0 Å². The van der Waals surface area contributed by atoms with Gasteiger partial charge in [0.05, 0.1) is 11.1 Å². The van der Waals surface area contributed by atoms with Crippen molar-refractivity contribution >= 4 is 17.7 Å². The lowest BCUT2D eigenvalue weighted by Gasteiger charge is -2.28. The number of hydrogen-bond acceptors (Lipinski definition) is 4. The Hall–Kier alpha value is -2.99. The first-order chi connectivity index (χ1) is 14.0. The molecule has 4 rings (SSSR count). The maximum atomic E-state index is 12.8. The van der Waals surface area contributed by atoms with Gasteiger partial charge in [-0.1, -0.05) is 30.3 Å². The molecule has 29 heavy (non-hydrogen) atoms. The molecule has 2 unspecified atom stereocenters. The Morgan fingerprint density at radius 2 is 1.86 bits per heavy atom. The predicted octanol–water partition coefficient (Wildman–Crippen LogP) is 2.40. The monoisotopic (exact) mass is 391 g/mol. The molecule has 2 aliphatic heterocycles. The van der Waals surface area contributed by atoms with E-state index in [2.05, 4.69) is 17.6 Å². The normalized spacial score (nSPS) is 21.2. The minimum absolute atomic E-state index is 0.117. The fraction of sp³-hybridized carbons (Fsp3) is 0.348. The van der Waals surface area contributed by atoms with E-state index in [0.717, 1.165) is 24.9 Å². The molecule has 2 aliphatic rings. The van der Waals surface area contributed by atoms with Gasteiger partial charge in [0.2, 0.25) is 0 Å². The van der Waals surface area contributed by atoms with Gasteiger partial charge in [0.1, 0.15) is 0 Å². The number of amides is 3. The molecule has 6 nitrogen and oxygen atoms in total. The summed E-state index contributed by atoms with van der Waals surface area (Å²) in [5.74, 6) is -0.818. The molecule has 3 amide bonds. The highest BCUT2D eigenvalue weighted by molar-refractivity contribution is 6.22. The van der Waals surface area contributed by atoms with E-state index in [9.17, 15) is 14.4 Å². The Kier molecular flexibility index (Phi) is 5.45. The molecule has 6 heteroatoms. The summed E-state index contributed by atoms with van der Waals surface area (Å²) in [7, 11) is 0. The molecule has 0 saturated carbocycles. The van der Waals surface area contributed by atoms with Gasteiger partial charge < -0.3 is 10.6 Å². The van der Waals surface area contributed by atoms with E-state index < -0.39 is 0 Å². The second-order valence-electron chi connectivity index (χ2n) is 7.81. The Balaban J connectivity index is 1.45. The molecule has 0 aliphatic carbocycles. The average Bonchev–Trinajstić information content (AvgIpc) is 2.97. The summed E-state index contributed by atoms with van der Waals surface area (Å²) in [5, 5.41) is 6.41. The van der Waals surface area contributed by atoms with Crippen LogP contribution in [-0.4, -0.2) is 47.8 Å². The van der Waals surface area contributed by atoms with Crippen LogP contribution in [0.15, 0.2) is 48.5 Å². The second kappa shape index (κ2) is 8.17.